The molecule has 1 amide bonds. The zero-order valence-electron chi connectivity index (χ0n) is 14.0. The lowest BCUT2D eigenvalue weighted by atomic mass is 10.1. The van der Waals surface area contributed by atoms with Gasteiger partial charge in [0.15, 0.2) is 0 Å². The molecule has 2 rings (SSSR count). The van der Waals surface area contributed by atoms with Crippen molar-refractivity contribution in [3.63, 3.8) is 0 Å². The normalized spacial score (nSPS) is 10.9. The van der Waals surface area contributed by atoms with Crippen molar-refractivity contribution in [1.82, 2.24) is 5.43 Å². The molecule has 0 fully saturated rings. The molecular formula is C17H17N3O5. The Morgan fingerprint density at radius 2 is 1.84 bits per heavy atom. The van der Waals surface area contributed by atoms with Crippen molar-refractivity contribution >= 4 is 17.3 Å². The molecule has 0 aliphatic rings. The second-order valence-electron chi connectivity index (χ2n) is 4.98. The van der Waals surface area contributed by atoms with Gasteiger partial charge < -0.3 is 9.47 Å². The molecule has 0 radical (unpaired) electrons. The smallest absolute Gasteiger partial charge is 0.282 e. The number of hydrogen-bond acceptors (Lipinski definition) is 6. The van der Waals surface area contributed by atoms with Crippen molar-refractivity contribution < 1.29 is 19.2 Å². The van der Waals surface area contributed by atoms with Crippen LogP contribution in [0.3, 0.4) is 0 Å². The highest BCUT2D eigenvalue weighted by Crippen LogP contribution is 2.25. The van der Waals surface area contributed by atoms with E-state index in [-0.39, 0.29) is 11.3 Å². The van der Waals surface area contributed by atoms with E-state index in [2.05, 4.69) is 10.5 Å². The third-order valence-corrected chi connectivity index (χ3v) is 3.47. The standard InChI is InChI=1S/C17H17N3O5/c1-11(13-9-8-12(24-2)10-16(13)25-3)18-19-17(21)14-6-4-5-7-15(14)20(22)23/h4-10H,1-3H3,(H,19,21). The Bertz CT molecular complexity index is 833. The number of hydrogen-bond donors (Lipinski definition) is 1. The minimum Gasteiger partial charge on any atom is -0.497 e. The van der Waals surface area contributed by atoms with Crippen LogP contribution in [-0.2, 0) is 0 Å². The van der Waals surface area contributed by atoms with Crippen LogP contribution in [0.1, 0.15) is 22.8 Å². The SMILES string of the molecule is COc1ccc(C(C)=NNC(=O)c2ccccc2[N+](=O)[O-])c(OC)c1. The fourth-order valence-corrected chi connectivity index (χ4v) is 2.18. The molecule has 1 N–H and O–H groups in total. The van der Waals surface area contributed by atoms with Crippen LogP contribution in [0.15, 0.2) is 47.6 Å². The second kappa shape index (κ2) is 7.91. The number of rotatable bonds is 6. The molecule has 2 aromatic carbocycles. The van der Waals surface area contributed by atoms with Gasteiger partial charge in [-0.3, -0.25) is 14.9 Å². The summed E-state index contributed by atoms with van der Waals surface area (Å²) in [5, 5.41) is 15.0. The van der Waals surface area contributed by atoms with Crippen LogP contribution in [0.2, 0.25) is 0 Å². The van der Waals surface area contributed by atoms with Gasteiger partial charge in [0.25, 0.3) is 11.6 Å². The fraction of sp³-hybridized carbons (Fsp3) is 0.176. The van der Waals surface area contributed by atoms with Gasteiger partial charge in [-0.15, -0.1) is 0 Å². The third kappa shape index (κ3) is 4.11. The van der Waals surface area contributed by atoms with Gasteiger partial charge in [0.1, 0.15) is 17.1 Å². The molecule has 2 aromatic rings. The minimum absolute atomic E-state index is 0.0641. The van der Waals surface area contributed by atoms with Crippen molar-refractivity contribution in [3.05, 3.63) is 63.7 Å². The highest BCUT2D eigenvalue weighted by Gasteiger charge is 2.19. The van der Waals surface area contributed by atoms with E-state index in [0.717, 1.165) is 0 Å². The van der Waals surface area contributed by atoms with Gasteiger partial charge in [0.05, 0.1) is 24.9 Å². The number of carbonyl (C=O) groups is 1. The van der Waals surface area contributed by atoms with Gasteiger partial charge in [-0.25, -0.2) is 5.43 Å². The van der Waals surface area contributed by atoms with Crippen LogP contribution in [-0.4, -0.2) is 30.8 Å². The number of ether oxygens (including phenoxy) is 2. The predicted molar refractivity (Wildman–Crippen MR) is 92.3 cm³/mol. The number of nitrogens with zero attached hydrogens (tertiary/aromatic N) is 2. The first-order valence-electron chi connectivity index (χ1n) is 7.28. The molecule has 0 bridgehead atoms. The minimum atomic E-state index is -0.667. The Balaban J connectivity index is 2.25. The fourth-order valence-electron chi connectivity index (χ4n) is 2.18. The van der Waals surface area contributed by atoms with E-state index in [1.165, 1.54) is 25.3 Å². The van der Waals surface area contributed by atoms with E-state index < -0.39 is 10.8 Å². The van der Waals surface area contributed by atoms with Crippen molar-refractivity contribution in [2.75, 3.05) is 14.2 Å². The van der Waals surface area contributed by atoms with Gasteiger partial charge in [0.2, 0.25) is 0 Å². The Hall–Kier alpha value is -3.42. The van der Waals surface area contributed by atoms with Gasteiger partial charge >= 0.3 is 0 Å². The number of nitrogens with one attached hydrogen (secondary N) is 1. The number of hydrazone groups is 1. The molecule has 25 heavy (non-hydrogen) atoms. The largest absolute Gasteiger partial charge is 0.497 e. The van der Waals surface area contributed by atoms with Gasteiger partial charge in [0, 0.05) is 17.7 Å². The maximum Gasteiger partial charge on any atom is 0.282 e. The average Bonchev–Trinajstić information content (AvgIpc) is 2.65. The molecule has 0 unspecified atom stereocenters. The molecule has 0 saturated heterocycles. The zero-order valence-corrected chi connectivity index (χ0v) is 14.0. The lowest BCUT2D eigenvalue weighted by Crippen LogP contribution is -2.20. The summed E-state index contributed by atoms with van der Waals surface area (Å²) in [5.41, 5.74) is 3.12. The zero-order chi connectivity index (χ0) is 18.4. The molecule has 0 heterocycles. The van der Waals surface area contributed by atoms with Gasteiger partial charge in [-0.1, -0.05) is 12.1 Å². The summed E-state index contributed by atoms with van der Waals surface area (Å²) in [4.78, 5) is 22.6. The maximum atomic E-state index is 12.2. The Labute approximate surface area is 144 Å². The topological polar surface area (TPSA) is 103 Å². The van der Waals surface area contributed by atoms with Crippen molar-refractivity contribution in [2.45, 2.75) is 6.92 Å². The highest BCUT2D eigenvalue weighted by molar-refractivity contribution is 6.03. The summed E-state index contributed by atoms with van der Waals surface area (Å²) in [5.74, 6) is 0.483. The number of carbonyl (C=O) groups excluding carboxylic acids is 1. The Morgan fingerprint density at radius 3 is 2.48 bits per heavy atom. The quantitative estimate of drug-likeness (QED) is 0.493. The van der Waals surface area contributed by atoms with Crippen LogP contribution in [0.5, 0.6) is 11.5 Å². The van der Waals surface area contributed by atoms with E-state index in [9.17, 15) is 14.9 Å². The van der Waals surface area contributed by atoms with Crippen molar-refractivity contribution in [3.8, 4) is 11.5 Å². The highest BCUT2D eigenvalue weighted by atomic mass is 16.6. The molecule has 0 aliphatic carbocycles. The first-order chi connectivity index (χ1) is 12.0. The number of methoxy groups -OCH3 is 2. The summed E-state index contributed by atoms with van der Waals surface area (Å²) in [6.45, 7) is 1.68. The van der Waals surface area contributed by atoms with Crippen molar-refractivity contribution in [2.24, 2.45) is 5.10 Å². The number of nitro benzene ring substituents is 1. The predicted octanol–water partition coefficient (Wildman–Crippen LogP) is 2.77. The third-order valence-electron chi connectivity index (χ3n) is 3.47. The van der Waals surface area contributed by atoms with E-state index in [1.807, 2.05) is 0 Å². The van der Waals surface area contributed by atoms with Gasteiger partial charge in [-0.05, 0) is 25.1 Å². The molecule has 8 nitrogen and oxygen atoms in total. The molecule has 0 aromatic heterocycles. The summed E-state index contributed by atoms with van der Waals surface area (Å²) in [6, 6.07) is 10.8. The van der Waals surface area contributed by atoms with Crippen LogP contribution in [0.25, 0.3) is 0 Å². The number of para-hydroxylation sites is 1. The Morgan fingerprint density at radius 1 is 1.12 bits per heavy atom. The summed E-state index contributed by atoms with van der Waals surface area (Å²) in [7, 11) is 3.06. The molecule has 8 heteroatoms. The van der Waals surface area contributed by atoms with E-state index in [4.69, 9.17) is 9.47 Å². The summed E-state index contributed by atoms with van der Waals surface area (Å²) < 4.78 is 10.4. The van der Waals surface area contributed by atoms with Crippen LogP contribution >= 0.6 is 0 Å². The lowest BCUT2D eigenvalue weighted by molar-refractivity contribution is -0.385. The molecule has 0 saturated carbocycles. The number of nitro groups is 1. The molecule has 0 aliphatic heterocycles. The summed E-state index contributed by atoms with van der Waals surface area (Å²) >= 11 is 0. The first kappa shape index (κ1) is 17.9. The van der Waals surface area contributed by atoms with Crippen LogP contribution in [0.4, 0.5) is 5.69 Å². The number of amides is 1. The molecule has 130 valence electrons. The molecule has 0 atom stereocenters. The number of benzene rings is 2. The van der Waals surface area contributed by atoms with E-state index in [1.54, 1.807) is 38.3 Å². The molecular weight excluding hydrogens is 326 g/mol. The van der Waals surface area contributed by atoms with E-state index in [0.29, 0.717) is 22.8 Å². The first-order valence-corrected chi connectivity index (χ1v) is 7.28. The summed E-state index contributed by atoms with van der Waals surface area (Å²) in [6.07, 6.45) is 0. The van der Waals surface area contributed by atoms with E-state index >= 15 is 0 Å². The Kier molecular flexibility index (Phi) is 5.67. The lowest BCUT2D eigenvalue weighted by Gasteiger charge is -2.10. The maximum absolute atomic E-state index is 12.2. The van der Waals surface area contributed by atoms with Crippen LogP contribution in [0, 0.1) is 10.1 Å². The monoisotopic (exact) mass is 343 g/mol. The van der Waals surface area contributed by atoms with Crippen molar-refractivity contribution in [1.29, 1.82) is 0 Å². The van der Waals surface area contributed by atoms with Gasteiger partial charge in [-0.2, -0.15) is 5.10 Å². The second-order valence-corrected chi connectivity index (χ2v) is 4.98. The molecule has 0 spiro atoms. The van der Waals surface area contributed by atoms with Crippen LogP contribution < -0.4 is 14.9 Å². The average molecular weight is 343 g/mol.